The highest BCUT2D eigenvalue weighted by Gasteiger charge is 2.26. The van der Waals surface area contributed by atoms with E-state index in [1.54, 1.807) is 0 Å². The Morgan fingerprint density at radius 2 is 1.82 bits per heavy atom. The monoisotopic (exact) mass is 368 g/mol. The number of nitrogens with two attached hydrogens (primary N) is 1. The predicted octanol–water partition coefficient (Wildman–Crippen LogP) is 1.08. The van der Waals surface area contributed by atoms with Gasteiger partial charge in [-0.05, 0) is 32.0 Å². The summed E-state index contributed by atoms with van der Waals surface area (Å²) >= 11 is 11.5. The largest absolute Gasteiger partial charge is 0.451 e. The predicted molar refractivity (Wildman–Crippen MR) is 81.0 cm³/mol. The molecule has 0 saturated heterocycles. The summed E-state index contributed by atoms with van der Waals surface area (Å²) in [6, 6.07) is 2.48. The standard InChI is InChI=1S/C12H14Cl2N2O5S/c1-6(12(18)21-7(2)11(15)17)16-22(19,20)8-3-4-9(13)10(14)5-8/h3-7,16H,1-2H3,(H2,15,17)/t6-,7+/m0/s1. The van der Waals surface area contributed by atoms with E-state index in [9.17, 15) is 18.0 Å². The van der Waals surface area contributed by atoms with E-state index in [-0.39, 0.29) is 14.9 Å². The van der Waals surface area contributed by atoms with Crippen molar-refractivity contribution in [3.8, 4) is 0 Å². The van der Waals surface area contributed by atoms with Gasteiger partial charge in [0.15, 0.2) is 6.10 Å². The summed E-state index contributed by atoms with van der Waals surface area (Å²) in [4.78, 5) is 22.3. The number of nitrogens with one attached hydrogen (secondary N) is 1. The normalized spacial score (nSPS) is 14.2. The minimum absolute atomic E-state index is 0.0575. The van der Waals surface area contributed by atoms with Crippen LogP contribution in [0.15, 0.2) is 23.1 Å². The Hall–Kier alpha value is -1.35. The average molecular weight is 369 g/mol. The fourth-order valence-corrected chi connectivity index (χ4v) is 2.91. The van der Waals surface area contributed by atoms with Crippen LogP contribution in [0, 0.1) is 0 Å². The van der Waals surface area contributed by atoms with Crippen LogP contribution in [0.3, 0.4) is 0 Å². The molecule has 3 N–H and O–H groups in total. The van der Waals surface area contributed by atoms with Crippen molar-refractivity contribution in [1.82, 2.24) is 4.72 Å². The van der Waals surface area contributed by atoms with Crippen molar-refractivity contribution in [2.24, 2.45) is 5.73 Å². The van der Waals surface area contributed by atoms with Crippen LogP contribution in [0.2, 0.25) is 10.0 Å². The van der Waals surface area contributed by atoms with Crippen molar-refractivity contribution >= 4 is 45.1 Å². The Morgan fingerprint density at radius 1 is 1.23 bits per heavy atom. The van der Waals surface area contributed by atoms with E-state index < -0.39 is 34.0 Å². The zero-order valence-electron chi connectivity index (χ0n) is 11.7. The van der Waals surface area contributed by atoms with Gasteiger partial charge in [-0.3, -0.25) is 9.59 Å². The van der Waals surface area contributed by atoms with E-state index in [0.29, 0.717) is 0 Å². The summed E-state index contributed by atoms with van der Waals surface area (Å²) in [5.74, 6) is -1.78. The molecule has 122 valence electrons. The Labute approximate surface area is 137 Å². The maximum atomic E-state index is 12.1. The van der Waals surface area contributed by atoms with Crippen LogP contribution >= 0.6 is 23.2 Å². The number of halogens is 2. The molecule has 7 nitrogen and oxygen atoms in total. The lowest BCUT2D eigenvalue weighted by molar-refractivity contribution is -0.155. The van der Waals surface area contributed by atoms with Crippen LogP contribution in [-0.4, -0.2) is 32.4 Å². The molecule has 0 saturated carbocycles. The fraction of sp³-hybridized carbons (Fsp3) is 0.333. The van der Waals surface area contributed by atoms with E-state index in [1.165, 1.54) is 26.0 Å². The van der Waals surface area contributed by atoms with E-state index >= 15 is 0 Å². The zero-order chi connectivity index (χ0) is 17.1. The van der Waals surface area contributed by atoms with Crippen molar-refractivity contribution in [1.29, 1.82) is 0 Å². The summed E-state index contributed by atoms with van der Waals surface area (Å²) in [6.45, 7) is 2.55. The lowest BCUT2D eigenvalue weighted by atomic mass is 10.3. The topological polar surface area (TPSA) is 116 Å². The molecule has 0 spiro atoms. The van der Waals surface area contributed by atoms with Gasteiger partial charge in [-0.15, -0.1) is 0 Å². The summed E-state index contributed by atoms with van der Waals surface area (Å²) in [5.41, 5.74) is 4.95. The minimum Gasteiger partial charge on any atom is -0.451 e. The summed E-state index contributed by atoms with van der Waals surface area (Å²) in [7, 11) is -4.01. The number of carbonyl (C=O) groups excluding carboxylic acids is 2. The maximum absolute atomic E-state index is 12.1. The van der Waals surface area contributed by atoms with Crippen molar-refractivity contribution in [3.05, 3.63) is 28.2 Å². The van der Waals surface area contributed by atoms with Crippen LogP contribution in [-0.2, 0) is 24.3 Å². The van der Waals surface area contributed by atoms with Crippen molar-refractivity contribution in [2.75, 3.05) is 0 Å². The third-order valence-corrected chi connectivity index (χ3v) is 4.86. The van der Waals surface area contributed by atoms with Gasteiger partial charge < -0.3 is 10.5 Å². The molecule has 1 amide bonds. The number of primary amides is 1. The second-order valence-electron chi connectivity index (χ2n) is 4.40. The molecule has 1 rings (SSSR count). The second kappa shape index (κ2) is 7.28. The molecule has 0 bridgehead atoms. The molecule has 0 fully saturated rings. The molecule has 0 unspecified atom stereocenters. The van der Waals surface area contributed by atoms with Crippen LogP contribution < -0.4 is 10.5 Å². The number of benzene rings is 1. The number of sulfonamides is 1. The Balaban J connectivity index is 2.85. The highest BCUT2D eigenvalue weighted by molar-refractivity contribution is 7.89. The minimum atomic E-state index is -4.01. The van der Waals surface area contributed by atoms with E-state index in [4.69, 9.17) is 33.7 Å². The quantitative estimate of drug-likeness (QED) is 0.728. The third-order valence-electron chi connectivity index (χ3n) is 2.58. The van der Waals surface area contributed by atoms with Gasteiger partial charge in [0.05, 0.1) is 14.9 Å². The highest BCUT2D eigenvalue weighted by Crippen LogP contribution is 2.24. The maximum Gasteiger partial charge on any atom is 0.324 e. The molecule has 2 atom stereocenters. The Kier molecular flexibility index (Phi) is 6.18. The summed E-state index contributed by atoms with van der Waals surface area (Å²) in [5, 5.41) is 0.255. The summed E-state index contributed by atoms with van der Waals surface area (Å²) in [6.07, 6.45) is -1.16. The Morgan fingerprint density at radius 3 is 2.32 bits per heavy atom. The van der Waals surface area contributed by atoms with Crippen molar-refractivity contribution < 1.29 is 22.7 Å². The van der Waals surface area contributed by atoms with Gasteiger partial charge in [-0.2, -0.15) is 4.72 Å². The molecule has 0 aliphatic rings. The first-order valence-electron chi connectivity index (χ1n) is 6.02. The number of hydrogen-bond acceptors (Lipinski definition) is 5. The number of hydrogen-bond donors (Lipinski definition) is 2. The molecular formula is C12H14Cl2N2O5S. The molecule has 22 heavy (non-hydrogen) atoms. The number of carbonyl (C=O) groups is 2. The van der Waals surface area contributed by atoms with Crippen molar-refractivity contribution in [3.63, 3.8) is 0 Å². The molecule has 0 aromatic heterocycles. The number of esters is 1. The number of rotatable bonds is 6. The van der Waals surface area contributed by atoms with Crippen LogP contribution in [0.1, 0.15) is 13.8 Å². The van der Waals surface area contributed by atoms with Gasteiger partial charge in [0.2, 0.25) is 10.0 Å². The van der Waals surface area contributed by atoms with Crippen LogP contribution in [0.4, 0.5) is 0 Å². The first kappa shape index (κ1) is 18.7. The van der Waals surface area contributed by atoms with Gasteiger partial charge in [0.1, 0.15) is 6.04 Å². The molecule has 0 aliphatic carbocycles. The molecule has 0 heterocycles. The SMILES string of the molecule is C[C@H](NS(=O)(=O)c1ccc(Cl)c(Cl)c1)C(=O)O[C@H](C)C(N)=O. The summed E-state index contributed by atoms with van der Waals surface area (Å²) < 4.78 is 31.1. The first-order chi connectivity index (χ1) is 10.0. The fourth-order valence-electron chi connectivity index (χ4n) is 1.33. The van der Waals surface area contributed by atoms with Gasteiger partial charge in [0.25, 0.3) is 5.91 Å². The Bertz CT molecular complexity index is 693. The second-order valence-corrected chi connectivity index (χ2v) is 6.93. The number of amides is 1. The molecule has 1 aromatic rings. The highest BCUT2D eigenvalue weighted by atomic mass is 35.5. The first-order valence-corrected chi connectivity index (χ1v) is 8.25. The van der Waals surface area contributed by atoms with Crippen LogP contribution in [0.5, 0.6) is 0 Å². The lowest BCUT2D eigenvalue weighted by Crippen LogP contribution is -2.42. The van der Waals surface area contributed by atoms with Gasteiger partial charge in [0, 0.05) is 0 Å². The van der Waals surface area contributed by atoms with E-state index in [1.807, 2.05) is 0 Å². The third kappa shape index (κ3) is 4.84. The molecule has 0 radical (unpaired) electrons. The van der Waals surface area contributed by atoms with Gasteiger partial charge in [-0.1, -0.05) is 23.2 Å². The number of ether oxygens (including phenoxy) is 1. The van der Waals surface area contributed by atoms with Gasteiger partial charge in [-0.25, -0.2) is 8.42 Å². The zero-order valence-corrected chi connectivity index (χ0v) is 14.0. The van der Waals surface area contributed by atoms with Gasteiger partial charge >= 0.3 is 5.97 Å². The van der Waals surface area contributed by atoms with E-state index in [2.05, 4.69) is 4.72 Å². The van der Waals surface area contributed by atoms with Crippen LogP contribution in [0.25, 0.3) is 0 Å². The van der Waals surface area contributed by atoms with E-state index in [0.717, 1.165) is 6.07 Å². The molecular weight excluding hydrogens is 355 g/mol. The molecule has 1 aromatic carbocycles. The molecule has 10 heteroatoms. The smallest absolute Gasteiger partial charge is 0.324 e. The molecule has 0 aliphatic heterocycles. The average Bonchev–Trinajstić information content (AvgIpc) is 2.40. The van der Waals surface area contributed by atoms with Crippen molar-refractivity contribution in [2.45, 2.75) is 30.9 Å². The lowest BCUT2D eigenvalue weighted by Gasteiger charge is -2.16.